The SMILES string of the molecule is CC1CN(CCCCSc2nc(-c3ccccc3)c(-c3ccccc3)[nH]2)CC(C)O1.Cl.Cl. The molecule has 1 fully saturated rings. The summed E-state index contributed by atoms with van der Waals surface area (Å²) >= 11 is 1.82. The number of hydrogen-bond donors (Lipinski definition) is 1. The minimum absolute atomic E-state index is 0. The second kappa shape index (κ2) is 13.3. The summed E-state index contributed by atoms with van der Waals surface area (Å²) in [6.07, 6.45) is 3.09. The number of thioether (sulfide) groups is 1. The highest BCUT2D eigenvalue weighted by atomic mass is 35.5. The molecule has 0 bridgehead atoms. The number of halogens is 2. The summed E-state index contributed by atoms with van der Waals surface area (Å²) in [6.45, 7) is 7.60. The summed E-state index contributed by atoms with van der Waals surface area (Å²) in [4.78, 5) is 11.1. The fraction of sp³-hybridized carbons (Fsp3) is 0.400. The highest BCUT2D eigenvalue weighted by Crippen LogP contribution is 2.32. The largest absolute Gasteiger partial charge is 0.373 e. The second-order valence-electron chi connectivity index (χ2n) is 8.07. The van der Waals surface area contributed by atoms with Crippen molar-refractivity contribution in [3.8, 4) is 22.5 Å². The Morgan fingerprint density at radius 1 is 0.906 bits per heavy atom. The Morgan fingerprint density at radius 3 is 2.12 bits per heavy atom. The van der Waals surface area contributed by atoms with Crippen LogP contribution >= 0.6 is 36.6 Å². The molecule has 1 aliphatic heterocycles. The average molecular weight is 495 g/mol. The number of ether oxygens (including phenoxy) is 1. The molecule has 0 amide bonds. The molecule has 7 heteroatoms. The molecule has 1 saturated heterocycles. The number of morpholine rings is 1. The second-order valence-corrected chi connectivity index (χ2v) is 9.15. The van der Waals surface area contributed by atoms with Gasteiger partial charge < -0.3 is 9.72 Å². The standard InChI is InChI=1S/C25H31N3OS.2ClH/c1-19-17-28(18-20(2)29-19)15-9-10-16-30-25-26-23(21-11-5-3-6-12-21)24(27-25)22-13-7-4-8-14-22;;/h3-8,11-14,19-20H,9-10,15-18H2,1-2H3,(H,26,27);2*1H. The van der Waals surface area contributed by atoms with Crippen molar-refractivity contribution < 1.29 is 4.74 Å². The lowest BCUT2D eigenvalue weighted by Crippen LogP contribution is -2.45. The van der Waals surface area contributed by atoms with Crippen LogP contribution in [-0.4, -0.2) is 52.5 Å². The van der Waals surface area contributed by atoms with Crippen LogP contribution in [-0.2, 0) is 4.74 Å². The zero-order valence-electron chi connectivity index (χ0n) is 18.7. The van der Waals surface area contributed by atoms with Gasteiger partial charge in [-0.15, -0.1) is 24.8 Å². The Kier molecular flexibility index (Phi) is 11.1. The molecular formula is C25H33Cl2N3OS. The van der Waals surface area contributed by atoms with E-state index in [0.29, 0.717) is 12.2 Å². The van der Waals surface area contributed by atoms with Gasteiger partial charge in [0, 0.05) is 30.0 Å². The number of hydrogen-bond acceptors (Lipinski definition) is 4. The third kappa shape index (κ3) is 7.26. The van der Waals surface area contributed by atoms with Gasteiger partial charge in [-0.1, -0.05) is 72.4 Å². The molecular weight excluding hydrogens is 461 g/mol. The van der Waals surface area contributed by atoms with Gasteiger partial charge in [0.15, 0.2) is 5.16 Å². The third-order valence-electron chi connectivity index (χ3n) is 5.39. The zero-order valence-corrected chi connectivity index (χ0v) is 21.1. The van der Waals surface area contributed by atoms with Crippen LogP contribution in [0.1, 0.15) is 26.7 Å². The van der Waals surface area contributed by atoms with Crippen LogP contribution in [0.25, 0.3) is 22.5 Å². The fourth-order valence-corrected chi connectivity index (χ4v) is 4.98. The maximum atomic E-state index is 5.83. The van der Waals surface area contributed by atoms with E-state index in [4.69, 9.17) is 9.72 Å². The molecule has 3 aromatic rings. The van der Waals surface area contributed by atoms with Crippen LogP contribution in [0.15, 0.2) is 65.8 Å². The summed E-state index contributed by atoms with van der Waals surface area (Å²) in [5.41, 5.74) is 4.45. The van der Waals surface area contributed by atoms with Crippen LogP contribution in [0, 0.1) is 0 Å². The lowest BCUT2D eigenvalue weighted by Gasteiger charge is -2.35. The summed E-state index contributed by atoms with van der Waals surface area (Å²) in [6, 6.07) is 20.9. The van der Waals surface area contributed by atoms with Gasteiger partial charge in [-0.2, -0.15) is 0 Å². The molecule has 1 N–H and O–H groups in total. The van der Waals surface area contributed by atoms with E-state index in [0.717, 1.165) is 47.5 Å². The third-order valence-corrected chi connectivity index (χ3v) is 6.35. The highest BCUT2D eigenvalue weighted by Gasteiger charge is 2.21. The Labute approximate surface area is 208 Å². The van der Waals surface area contributed by atoms with Crippen molar-refractivity contribution >= 4 is 36.6 Å². The van der Waals surface area contributed by atoms with Crippen LogP contribution in [0.5, 0.6) is 0 Å². The number of nitrogens with one attached hydrogen (secondary N) is 1. The molecule has 0 saturated carbocycles. The first-order valence-electron chi connectivity index (χ1n) is 10.9. The minimum Gasteiger partial charge on any atom is -0.373 e. The number of nitrogens with zero attached hydrogens (tertiary/aromatic N) is 2. The van der Waals surface area contributed by atoms with Crippen molar-refractivity contribution in [2.75, 3.05) is 25.4 Å². The van der Waals surface area contributed by atoms with Crippen LogP contribution in [0.3, 0.4) is 0 Å². The van der Waals surface area contributed by atoms with Gasteiger partial charge in [0.05, 0.1) is 23.6 Å². The van der Waals surface area contributed by atoms with Gasteiger partial charge in [-0.05, 0) is 33.2 Å². The van der Waals surface area contributed by atoms with Crippen LogP contribution in [0.4, 0.5) is 0 Å². The Morgan fingerprint density at radius 2 is 1.50 bits per heavy atom. The lowest BCUT2D eigenvalue weighted by molar-refractivity contribution is -0.0680. The van der Waals surface area contributed by atoms with Gasteiger partial charge in [0.1, 0.15) is 0 Å². The molecule has 0 spiro atoms. The minimum atomic E-state index is 0. The van der Waals surface area contributed by atoms with E-state index < -0.39 is 0 Å². The molecule has 2 unspecified atom stereocenters. The molecule has 4 nitrogen and oxygen atoms in total. The van der Waals surface area contributed by atoms with Gasteiger partial charge in [0.25, 0.3) is 0 Å². The maximum Gasteiger partial charge on any atom is 0.166 e. The van der Waals surface area contributed by atoms with Crippen molar-refractivity contribution in [2.24, 2.45) is 0 Å². The first-order valence-corrected chi connectivity index (χ1v) is 11.9. The number of benzene rings is 2. The number of aromatic amines is 1. The Balaban J connectivity index is 0.00000181. The van der Waals surface area contributed by atoms with E-state index in [-0.39, 0.29) is 24.8 Å². The molecule has 32 heavy (non-hydrogen) atoms. The molecule has 1 aliphatic rings. The molecule has 2 atom stereocenters. The normalized spacial score (nSPS) is 18.6. The Bertz CT molecular complexity index is 856. The summed E-state index contributed by atoms with van der Waals surface area (Å²) < 4.78 is 5.83. The molecule has 2 aromatic carbocycles. The number of H-pyrrole nitrogens is 1. The van der Waals surface area contributed by atoms with Crippen LogP contribution < -0.4 is 0 Å². The summed E-state index contributed by atoms with van der Waals surface area (Å²) in [5.74, 6) is 1.07. The number of aromatic nitrogens is 2. The van der Waals surface area contributed by atoms with Crippen molar-refractivity contribution in [1.29, 1.82) is 0 Å². The fourth-order valence-electron chi connectivity index (χ4n) is 4.11. The van der Waals surface area contributed by atoms with Crippen molar-refractivity contribution in [2.45, 2.75) is 44.1 Å². The van der Waals surface area contributed by atoms with Crippen molar-refractivity contribution in [1.82, 2.24) is 14.9 Å². The van der Waals surface area contributed by atoms with E-state index in [1.54, 1.807) is 0 Å². The van der Waals surface area contributed by atoms with E-state index >= 15 is 0 Å². The molecule has 0 radical (unpaired) electrons. The highest BCUT2D eigenvalue weighted by molar-refractivity contribution is 7.99. The van der Waals surface area contributed by atoms with E-state index in [1.807, 2.05) is 23.9 Å². The van der Waals surface area contributed by atoms with E-state index in [2.05, 4.69) is 72.3 Å². The topological polar surface area (TPSA) is 41.2 Å². The molecule has 2 heterocycles. The molecule has 1 aromatic heterocycles. The monoisotopic (exact) mass is 493 g/mol. The van der Waals surface area contributed by atoms with Gasteiger partial charge in [-0.3, -0.25) is 4.90 Å². The van der Waals surface area contributed by atoms with E-state index in [9.17, 15) is 0 Å². The number of imidazole rings is 1. The maximum absolute atomic E-state index is 5.83. The van der Waals surface area contributed by atoms with Crippen LogP contribution in [0.2, 0.25) is 0 Å². The van der Waals surface area contributed by atoms with Gasteiger partial charge in [-0.25, -0.2) is 4.98 Å². The average Bonchev–Trinajstić information content (AvgIpc) is 3.18. The molecule has 4 rings (SSSR count). The summed E-state index contributed by atoms with van der Waals surface area (Å²) in [7, 11) is 0. The quantitative estimate of drug-likeness (QED) is 0.284. The summed E-state index contributed by atoms with van der Waals surface area (Å²) in [5, 5.41) is 1.00. The molecule has 174 valence electrons. The molecule has 0 aliphatic carbocycles. The van der Waals surface area contributed by atoms with E-state index in [1.165, 1.54) is 18.4 Å². The van der Waals surface area contributed by atoms with Gasteiger partial charge in [0.2, 0.25) is 0 Å². The van der Waals surface area contributed by atoms with Crippen molar-refractivity contribution in [3.05, 3.63) is 60.7 Å². The lowest BCUT2D eigenvalue weighted by atomic mass is 10.1. The Hall–Kier alpha value is -1.50. The predicted octanol–water partition coefficient (Wildman–Crippen LogP) is 6.57. The number of unbranched alkanes of at least 4 members (excludes halogenated alkanes) is 1. The first kappa shape index (κ1) is 26.7. The van der Waals surface area contributed by atoms with Gasteiger partial charge >= 0.3 is 0 Å². The smallest absolute Gasteiger partial charge is 0.166 e. The van der Waals surface area contributed by atoms with Crippen molar-refractivity contribution in [3.63, 3.8) is 0 Å². The predicted molar refractivity (Wildman–Crippen MR) is 140 cm³/mol. The first-order chi connectivity index (χ1) is 14.7. The zero-order chi connectivity index (χ0) is 20.8. The number of rotatable bonds is 8.